The van der Waals surface area contributed by atoms with Gasteiger partial charge in [-0.3, -0.25) is 33.7 Å². The zero-order valence-corrected chi connectivity index (χ0v) is 20.6. The zero-order chi connectivity index (χ0) is 26.5. The van der Waals surface area contributed by atoms with Crippen LogP contribution in [0.5, 0.6) is 0 Å². The second kappa shape index (κ2) is 20.2. The Morgan fingerprint density at radius 2 is 1.57 bits per heavy atom. The van der Waals surface area contributed by atoms with E-state index in [1.54, 1.807) is 18.7 Å². The minimum atomic E-state index is -0.420. The lowest BCUT2D eigenvalue weighted by atomic mass is 9.97. The number of thioether (sulfide) groups is 1. The number of nitrogens with one attached hydrogen (secondary N) is 4. The van der Waals surface area contributed by atoms with Gasteiger partial charge in [-0.2, -0.15) is 0 Å². The van der Waals surface area contributed by atoms with Gasteiger partial charge in [0.05, 0.1) is 24.6 Å². The van der Waals surface area contributed by atoms with E-state index in [2.05, 4.69) is 21.3 Å². The molecule has 0 unspecified atom stereocenters. The van der Waals surface area contributed by atoms with Gasteiger partial charge in [0, 0.05) is 31.7 Å². The standard InChI is InChI=1S/C11H15N3O4.C10H17BN2O3S/c1-2-12-9(16)7-13-8(15)5-6-14-10(17)3-4-11(14)18;11-9(15)4-2-1-3-5-17-8-13-10(16)6-12-7-14/h3-4H,2,5-7H2,1H3,(H,12,16)(H,13,15);7H,1-6,8H2,(H,12,14)(H,13,16). The Hall–Kier alpha value is -3.16. The lowest BCUT2D eigenvalue weighted by Gasteiger charge is -2.13. The molecule has 0 fully saturated rings. The Bertz CT molecular complexity index is 761. The molecule has 35 heavy (non-hydrogen) atoms. The van der Waals surface area contributed by atoms with Crippen LogP contribution in [0.1, 0.15) is 39.0 Å². The van der Waals surface area contributed by atoms with Crippen LogP contribution in [-0.2, 0) is 33.6 Å². The highest BCUT2D eigenvalue weighted by atomic mass is 32.2. The SMILES string of the molecule is CCNC(=O)CNC(=O)CCN1C(=O)C=CC1=O.[B]C(=O)CCCCCSCNC(=O)CNC=O. The van der Waals surface area contributed by atoms with Gasteiger partial charge in [-0.25, -0.2) is 0 Å². The van der Waals surface area contributed by atoms with Crippen LogP contribution in [0.3, 0.4) is 0 Å². The van der Waals surface area contributed by atoms with E-state index in [1.165, 1.54) is 0 Å². The van der Waals surface area contributed by atoms with E-state index in [9.17, 15) is 33.6 Å². The molecule has 0 aliphatic carbocycles. The minimum absolute atomic E-state index is 0.0153. The average molecular weight is 509 g/mol. The van der Waals surface area contributed by atoms with Gasteiger partial charge in [0.15, 0.2) is 7.85 Å². The van der Waals surface area contributed by atoms with E-state index in [4.69, 9.17) is 7.85 Å². The van der Waals surface area contributed by atoms with Crippen molar-refractivity contribution in [2.75, 3.05) is 37.8 Å². The summed E-state index contributed by atoms with van der Waals surface area (Å²) in [6.07, 6.45) is 6.04. The van der Waals surface area contributed by atoms with E-state index in [1.807, 2.05) is 0 Å². The number of amides is 6. The summed E-state index contributed by atoms with van der Waals surface area (Å²) < 4.78 is 0. The van der Waals surface area contributed by atoms with E-state index < -0.39 is 11.8 Å². The third-order valence-electron chi connectivity index (χ3n) is 4.21. The molecule has 0 saturated carbocycles. The molecular weight excluding hydrogens is 477 g/mol. The second-order valence-corrected chi connectivity index (χ2v) is 8.18. The number of unbranched alkanes of at least 4 members (excludes halogenated alkanes) is 2. The van der Waals surface area contributed by atoms with Gasteiger partial charge in [-0.15, -0.1) is 11.8 Å². The predicted molar refractivity (Wildman–Crippen MR) is 131 cm³/mol. The Morgan fingerprint density at radius 1 is 0.914 bits per heavy atom. The first-order valence-electron chi connectivity index (χ1n) is 11.1. The highest BCUT2D eigenvalue weighted by Gasteiger charge is 2.23. The molecule has 6 amide bonds. The zero-order valence-electron chi connectivity index (χ0n) is 19.8. The summed E-state index contributed by atoms with van der Waals surface area (Å²) in [4.78, 5) is 77.1. The topological polar surface area (TPSA) is 171 Å². The first kappa shape index (κ1) is 31.8. The van der Waals surface area contributed by atoms with Crippen LogP contribution in [-0.4, -0.2) is 92.2 Å². The Labute approximate surface area is 210 Å². The van der Waals surface area contributed by atoms with E-state index in [-0.39, 0.29) is 49.5 Å². The van der Waals surface area contributed by atoms with Crippen molar-refractivity contribution in [2.45, 2.75) is 39.0 Å². The molecule has 0 saturated heterocycles. The maximum absolute atomic E-state index is 11.4. The minimum Gasteiger partial charge on any atom is -0.355 e. The van der Waals surface area contributed by atoms with Crippen molar-refractivity contribution in [2.24, 2.45) is 0 Å². The van der Waals surface area contributed by atoms with Crippen LogP contribution in [0, 0.1) is 0 Å². The molecular formula is C21H32BN5O7S. The van der Waals surface area contributed by atoms with E-state index >= 15 is 0 Å². The number of hydrogen-bond acceptors (Lipinski definition) is 8. The van der Waals surface area contributed by atoms with Gasteiger partial charge in [-0.05, 0) is 31.9 Å². The monoisotopic (exact) mass is 509 g/mol. The highest BCUT2D eigenvalue weighted by molar-refractivity contribution is 7.99. The molecule has 14 heteroatoms. The lowest BCUT2D eigenvalue weighted by Crippen LogP contribution is -2.39. The van der Waals surface area contributed by atoms with Gasteiger partial charge in [0.25, 0.3) is 11.8 Å². The molecule has 0 aromatic carbocycles. The third-order valence-corrected chi connectivity index (χ3v) is 5.14. The molecule has 0 aromatic rings. The summed E-state index contributed by atoms with van der Waals surface area (Å²) in [5.74, 6) is -0.226. The summed E-state index contributed by atoms with van der Waals surface area (Å²) in [5, 5.41) is 9.87. The second-order valence-electron chi connectivity index (χ2n) is 7.07. The highest BCUT2D eigenvalue weighted by Crippen LogP contribution is 2.06. The largest absolute Gasteiger partial charge is 0.355 e. The van der Waals surface area contributed by atoms with Crippen LogP contribution in [0.4, 0.5) is 0 Å². The molecule has 1 aliphatic rings. The molecule has 1 rings (SSSR count). The fraction of sp³-hybridized carbons (Fsp3) is 0.571. The van der Waals surface area contributed by atoms with Crippen molar-refractivity contribution in [3.8, 4) is 0 Å². The van der Waals surface area contributed by atoms with Crippen LogP contribution in [0.15, 0.2) is 12.2 Å². The molecule has 0 aromatic heterocycles. The number of hydrogen-bond donors (Lipinski definition) is 4. The number of rotatable bonds is 17. The van der Waals surface area contributed by atoms with Gasteiger partial charge in [0.1, 0.15) is 0 Å². The molecule has 12 nitrogen and oxygen atoms in total. The van der Waals surface area contributed by atoms with Crippen molar-refractivity contribution in [1.82, 2.24) is 26.2 Å². The quantitative estimate of drug-likeness (QED) is 0.0594. The summed E-state index contributed by atoms with van der Waals surface area (Å²) in [5.41, 5.74) is -0.257. The van der Waals surface area contributed by atoms with Crippen molar-refractivity contribution in [3.63, 3.8) is 0 Å². The number of carbonyl (C=O) groups is 7. The summed E-state index contributed by atoms with van der Waals surface area (Å²) >= 11 is 1.61. The van der Waals surface area contributed by atoms with Crippen LogP contribution in [0.2, 0.25) is 0 Å². The molecule has 1 heterocycles. The molecule has 4 N–H and O–H groups in total. The molecule has 2 radical (unpaired) electrons. The molecule has 192 valence electrons. The maximum Gasteiger partial charge on any atom is 0.253 e. The van der Waals surface area contributed by atoms with Gasteiger partial charge in [0.2, 0.25) is 24.1 Å². The third kappa shape index (κ3) is 17.9. The van der Waals surface area contributed by atoms with Crippen molar-refractivity contribution in [1.29, 1.82) is 0 Å². The van der Waals surface area contributed by atoms with Gasteiger partial charge < -0.3 is 26.1 Å². The Balaban J connectivity index is 0.000000662. The summed E-state index contributed by atoms with van der Waals surface area (Å²) in [6, 6.07) is 0. The van der Waals surface area contributed by atoms with Crippen LogP contribution >= 0.6 is 11.8 Å². The van der Waals surface area contributed by atoms with E-state index in [0.717, 1.165) is 42.1 Å². The fourth-order valence-corrected chi connectivity index (χ4v) is 3.29. The van der Waals surface area contributed by atoms with Gasteiger partial charge >= 0.3 is 0 Å². The van der Waals surface area contributed by atoms with E-state index in [0.29, 0.717) is 25.3 Å². The number of imide groups is 1. The first-order chi connectivity index (χ1) is 16.7. The smallest absolute Gasteiger partial charge is 0.253 e. The average Bonchev–Trinajstić information content (AvgIpc) is 3.14. The number of nitrogens with zero attached hydrogens (tertiary/aromatic N) is 1. The van der Waals surface area contributed by atoms with Gasteiger partial charge in [-0.1, -0.05) is 6.42 Å². The fourth-order valence-electron chi connectivity index (χ4n) is 2.47. The van der Waals surface area contributed by atoms with Crippen molar-refractivity contribution < 1.29 is 33.6 Å². The molecule has 0 atom stereocenters. The molecule has 1 aliphatic heterocycles. The Kier molecular flexibility index (Phi) is 18.4. The molecule has 0 bridgehead atoms. The summed E-state index contributed by atoms with van der Waals surface area (Å²) in [7, 11) is 5.01. The lowest BCUT2D eigenvalue weighted by molar-refractivity contribution is -0.137. The predicted octanol–water partition coefficient (Wildman–Crippen LogP) is -1.65. The number of carbonyl (C=O) groups excluding carboxylic acids is 7. The Morgan fingerprint density at radius 3 is 2.17 bits per heavy atom. The van der Waals surface area contributed by atoms with Crippen LogP contribution < -0.4 is 21.3 Å². The normalized spacial score (nSPS) is 11.9. The van der Waals surface area contributed by atoms with Crippen molar-refractivity contribution >= 4 is 61.2 Å². The number of likely N-dealkylation sites (N-methyl/N-ethyl adjacent to an activating group) is 1. The summed E-state index contributed by atoms with van der Waals surface area (Å²) in [6.45, 7) is 2.20. The first-order valence-corrected chi connectivity index (χ1v) is 12.2. The molecule has 0 spiro atoms. The van der Waals surface area contributed by atoms with Crippen molar-refractivity contribution in [3.05, 3.63) is 12.2 Å². The van der Waals surface area contributed by atoms with Crippen LogP contribution in [0.25, 0.3) is 0 Å². The maximum atomic E-state index is 11.4.